The molecule has 0 aromatic heterocycles. The maximum absolute atomic E-state index is 13.2. The summed E-state index contributed by atoms with van der Waals surface area (Å²) in [5, 5.41) is 0.625. The zero-order valence-corrected chi connectivity index (χ0v) is 17.1. The van der Waals surface area contributed by atoms with Crippen LogP contribution in [-0.4, -0.2) is 50.5 Å². The Bertz CT molecular complexity index is 982. The van der Waals surface area contributed by atoms with Gasteiger partial charge in [0.2, 0.25) is 5.91 Å². The van der Waals surface area contributed by atoms with Crippen molar-refractivity contribution in [1.29, 1.82) is 0 Å². The van der Waals surface area contributed by atoms with Crippen molar-refractivity contribution in [3.63, 3.8) is 0 Å². The van der Waals surface area contributed by atoms with Crippen molar-refractivity contribution in [3.05, 3.63) is 71.3 Å². The minimum Gasteiger partial charge on any atom is -0.283 e. The number of thioether (sulfide) groups is 1. The van der Waals surface area contributed by atoms with Gasteiger partial charge in [-0.2, -0.15) is 0 Å². The van der Waals surface area contributed by atoms with Gasteiger partial charge in [-0.3, -0.25) is 29.2 Å². The van der Waals surface area contributed by atoms with Crippen molar-refractivity contribution >= 4 is 34.7 Å². The average molecular weight is 407 g/mol. The number of aliphatic imine (C=N–C) groups is 1. The van der Waals surface area contributed by atoms with E-state index in [1.807, 2.05) is 44.2 Å². The van der Waals surface area contributed by atoms with Crippen molar-refractivity contribution in [2.75, 3.05) is 12.3 Å². The molecule has 0 unspecified atom stereocenters. The minimum absolute atomic E-state index is 0.291. The molecule has 3 amide bonds. The predicted molar refractivity (Wildman–Crippen MR) is 113 cm³/mol. The Morgan fingerprint density at radius 1 is 1.00 bits per heavy atom. The monoisotopic (exact) mass is 407 g/mol. The van der Waals surface area contributed by atoms with Crippen LogP contribution in [0.15, 0.2) is 59.6 Å². The van der Waals surface area contributed by atoms with Crippen molar-refractivity contribution in [3.8, 4) is 0 Å². The van der Waals surface area contributed by atoms with Crippen LogP contribution in [0, 0.1) is 0 Å². The Balaban J connectivity index is 1.54. The third-order valence-electron chi connectivity index (χ3n) is 5.01. The fraction of sp³-hybridized carbons (Fsp3) is 0.273. The Morgan fingerprint density at radius 3 is 2.21 bits per heavy atom. The van der Waals surface area contributed by atoms with Crippen LogP contribution >= 0.6 is 11.8 Å². The first-order valence-electron chi connectivity index (χ1n) is 9.38. The summed E-state index contributed by atoms with van der Waals surface area (Å²) in [6.45, 7) is 4.10. The van der Waals surface area contributed by atoms with E-state index in [2.05, 4.69) is 4.99 Å². The van der Waals surface area contributed by atoms with Gasteiger partial charge < -0.3 is 0 Å². The van der Waals surface area contributed by atoms with E-state index in [4.69, 9.17) is 0 Å². The quantitative estimate of drug-likeness (QED) is 0.730. The van der Waals surface area contributed by atoms with Crippen LogP contribution in [0.3, 0.4) is 0 Å². The normalized spacial score (nSPS) is 19.2. The maximum Gasteiger partial charge on any atom is 0.262 e. The standard InChI is InChI=1S/C22H21N3O3S/c1-22(2)14-29-21(23-12-15-8-4-3-5-9-15)25(22)18(26)13-24-19(27)16-10-6-7-11-17(16)20(24)28/h3-11H,12-14H2,1-2H3. The number of hydrogen-bond donors (Lipinski definition) is 0. The molecule has 4 rings (SSSR count). The number of nitrogens with zero attached hydrogens (tertiary/aromatic N) is 3. The SMILES string of the molecule is CC1(C)CSC(=NCc2ccccc2)N1C(=O)CN1C(=O)c2ccccc2C1=O. The lowest BCUT2D eigenvalue weighted by Gasteiger charge is -2.31. The Morgan fingerprint density at radius 2 is 1.59 bits per heavy atom. The van der Waals surface area contributed by atoms with Gasteiger partial charge in [-0.05, 0) is 31.5 Å². The second-order valence-electron chi connectivity index (χ2n) is 7.66. The van der Waals surface area contributed by atoms with Crippen molar-refractivity contribution in [1.82, 2.24) is 9.80 Å². The molecular formula is C22H21N3O3S. The highest BCUT2D eigenvalue weighted by Crippen LogP contribution is 2.34. The number of imide groups is 1. The fourth-order valence-electron chi connectivity index (χ4n) is 3.52. The van der Waals surface area contributed by atoms with Crippen molar-refractivity contribution < 1.29 is 14.4 Å². The molecule has 0 radical (unpaired) electrons. The smallest absolute Gasteiger partial charge is 0.262 e. The van der Waals surface area contributed by atoms with Gasteiger partial charge in [-0.1, -0.05) is 54.2 Å². The molecular weight excluding hydrogens is 386 g/mol. The van der Waals surface area contributed by atoms with Crippen LogP contribution in [-0.2, 0) is 11.3 Å². The number of hydrogen-bond acceptors (Lipinski definition) is 5. The van der Waals surface area contributed by atoms with Gasteiger partial charge in [0.05, 0.1) is 23.2 Å². The molecule has 0 atom stereocenters. The molecule has 1 fully saturated rings. The minimum atomic E-state index is -0.448. The summed E-state index contributed by atoms with van der Waals surface area (Å²) in [5.41, 5.74) is 1.30. The second kappa shape index (κ2) is 7.48. The molecule has 0 aliphatic carbocycles. The molecule has 7 heteroatoms. The molecule has 29 heavy (non-hydrogen) atoms. The lowest BCUT2D eigenvalue weighted by atomic mass is 10.1. The molecule has 148 valence electrons. The van der Waals surface area contributed by atoms with Crippen LogP contribution in [0.2, 0.25) is 0 Å². The third kappa shape index (κ3) is 3.58. The first-order valence-corrected chi connectivity index (χ1v) is 10.4. The average Bonchev–Trinajstić information content (AvgIpc) is 3.15. The van der Waals surface area contributed by atoms with E-state index in [0.717, 1.165) is 10.5 Å². The number of fused-ring (bicyclic) bond motifs is 1. The molecule has 2 aromatic rings. The van der Waals surface area contributed by atoms with Gasteiger partial charge in [0.15, 0.2) is 5.17 Å². The molecule has 0 N–H and O–H groups in total. The number of benzene rings is 2. The summed E-state index contributed by atoms with van der Waals surface area (Å²) >= 11 is 1.52. The molecule has 0 bridgehead atoms. The van der Waals surface area contributed by atoms with Gasteiger partial charge in [-0.25, -0.2) is 0 Å². The number of carbonyl (C=O) groups excluding carboxylic acids is 3. The number of amidine groups is 1. The topological polar surface area (TPSA) is 70.1 Å². The Labute approximate surface area is 173 Å². The summed E-state index contributed by atoms with van der Waals surface area (Å²) in [7, 11) is 0. The highest BCUT2D eigenvalue weighted by Gasteiger charge is 2.44. The summed E-state index contributed by atoms with van der Waals surface area (Å²) in [5.74, 6) is -0.451. The lowest BCUT2D eigenvalue weighted by molar-refractivity contribution is -0.130. The van der Waals surface area contributed by atoms with Gasteiger partial charge >= 0.3 is 0 Å². The van der Waals surface area contributed by atoms with Crippen LogP contribution in [0.4, 0.5) is 0 Å². The lowest BCUT2D eigenvalue weighted by Crippen LogP contribution is -2.51. The summed E-state index contributed by atoms with van der Waals surface area (Å²) in [6.07, 6.45) is 0. The third-order valence-corrected chi connectivity index (χ3v) is 6.43. The van der Waals surface area contributed by atoms with E-state index in [9.17, 15) is 14.4 Å². The van der Waals surface area contributed by atoms with E-state index in [1.54, 1.807) is 29.2 Å². The molecule has 1 saturated heterocycles. The van der Waals surface area contributed by atoms with Crippen LogP contribution < -0.4 is 0 Å². The van der Waals surface area contributed by atoms with E-state index >= 15 is 0 Å². The summed E-state index contributed by atoms with van der Waals surface area (Å²) in [4.78, 5) is 45.7. The van der Waals surface area contributed by atoms with Crippen LogP contribution in [0.25, 0.3) is 0 Å². The summed E-state index contributed by atoms with van der Waals surface area (Å²) < 4.78 is 0. The van der Waals surface area contributed by atoms with Gasteiger partial charge in [0.25, 0.3) is 11.8 Å². The highest BCUT2D eigenvalue weighted by atomic mass is 32.2. The molecule has 2 aromatic carbocycles. The number of carbonyl (C=O) groups is 3. The van der Waals surface area contributed by atoms with Gasteiger partial charge in [0.1, 0.15) is 6.54 Å². The van der Waals surface area contributed by atoms with E-state index in [0.29, 0.717) is 28.6 Å². The second-order valence-corrected chi connectivity index (χ2v) is 8.60. The molecule has 6 nitrogen and oxygen atoms in total. The van der Waals surface area contributed by atoms with Gasteiger partial charge in [0, 0.05) is 5.75 Å². The van der Waals surface area contributed by atoms with E-state index in [1.165, 1.54) is 11.8 Å². The summed E-state index contributed by atoms with van der Waals surface area (Å²) in [6, 6.07) is 16.5. The van der Waals surface area contributed by atoms with Crippen LogP contribution in [0.1, 0.15) is 40.1 Å². The molecule has 0 saturated carbocycles. The van der Waals surface area contributed by atoms with Gasteiger partial charge in [-0.15, -0.1) is 0 Å². The fourth-order valence-corrected chi connectivity index (χ4v) is 4.77. The molecule has 2 heterocycles. The largest absolute Gasteiger partial charge is 0.283 e. The van der Waals surface area contributed by atoms with E-state index in [-0.39, 0.29) is 12.5 Å². The predicted octanol–water partition coefficient (Wildman–Crippen LogP) is 3.19. The maximum atomic E-state index is 13.2. The first kappa shape index (κ1) is 19.4. The highest BCUT2D eigenvalue weighted by molar-refractivity contribution is 8.14. The number of rotatable bonds is 4. The molecule has 2 aliphatic heterocycles. The number of amides is 3. The zero-order valence-electron chi connectivity index (χ0n) is 16.3. The van der Waals surface area contributed by atoms with Crippen molar-refractivity contribution in [2.24, 2.45) is 4.99 Å². The van der Waals surface area contributed by atoms with Crippen LogP contribution in [0.5, 0.6) is 0 Å². The Hall–Kier alpha value is -2.93. The van der Waals surface area contributed by atoms with Crippen molar-refractivity contribution in [2.45, 2.75) is 25.9 Å². The Kier molecular flexibility index (Phi) is 5.00. The van der Waals surface area contributed by atoms with E-state index < -0.39 is 17.4 Å². The molecule has 2 aliphatic rings. The first-order chi connectivity index (χ1) is 13.9. The zero-order chi connectivity index (χ0) is 20.6. The molecule has 0 spiro atoms.